The first kappa shape index (κ1) is 12.9. The van der Waals surface area contributed by atoms with Crippen molar-refractivity contribution in [2.75, 3.05) is 11.9 Å². The topological polar surface area (TPSA) is 68.1 Å². The van der Waals surface area contributed by atoms with E-state index in [2.05, 4.69) is 47.0 Å². The number of nitrogens with zero attached hydrogens (tertiary/aromatic N) is 2. The van der Waals surface area contributed by atoms with E-state index >= 15 is 0 Å². The van der Waals surface area contributed by atoms with Crippen LogP contribution in [-0.4, -0.2) is 16.5 Å². The summed E-state index contributed by atoms with van der Waals surface area (Å²) in [6, 6.07) is 0. The Kier molecular flexibility index (Phi) is 3.85. The second-order valence-corrected chi connectivity index (χ2v) is 5.54. The molecule has 0 radical (unpaired) electrons. The lowest BCUT2D eigenvalue weighted by Gasteiger charge is -2.19. The van der Waals surface area contributed by atoms with Crippen molar-refractivity contribution >= 4 is 27.3 Å². The highest BCUT2D eigenvalue weighted by atomic mass is 79.9. The zero-order valence-corrected chi connectivity index (χ0v) is 11.0. The molecule has 0 atom stereocenters. The highest BCUT2D eigenvalue weighted by molar-refractivity contribution is 9.10. The van der Waals surface area contributed by atoms with Gasteiger partial charge in [0.2, 0.25) is 0 Å². The van der Waals surface area contributed by atoms with E-state index in [0.29, 0.717) is 16.7 Å². The van der Waals surface area contributed by atoms with E-state index < -0.39 is 4.92 Å². The van der Waals surface area contributed by atoms with Crippen LogP contribution in [0.2, 0.25) is 0 Å². The van der Waals surface area contributed by atoms with Gasteiger partial charge in [0, 0.05) is 12.7 Å². The maximum atomic E-state index is 10.8. The summed E-state index contributed by atoms with van der Waals surface area (Å²) in [5.74, 6) is 0. The molecule has 0 aliphatic carbocycles. The number of nitrogens with one attached hydrogen (secondary N) is 1. The summed E-state index contributed by atoms with van der Waals surface area (Å²) in [6.07, 6.45) is 2.79. The summed E-state index contributed by atoms with van der Waals surface area (Å²) in [5.41, 5.74) is 0.518. The molecule has 0 saturated carbocycles. The molecule has 1 heterocycles. The molecule has 0 saturated heterocycles. The fourth-order valence-corrected chi connectivity index (χ4v) is 1.55. The minimum Gasteiger partial charge on any atom is -0.378 e. The minimum atomic E-state index is -0.442. The third-order valence-corrected chi connectivity index (χ3v) is 2.47. The standard InChI is InChI=1S/C10H14BrN3O2/c1-10(2,3)6-13-9-7(11)4-12-5-8(9)14(15)16/h4-5H,6H2,1-3H3,(H,12,13). The molecule has 1 aromatic heterocycles. The van der Waals surface area contributed by atoms with Crippen molar-refractivity contribution in [3.8, 4) is 0 Å². The van der Waals surface area contributed by atoms with Gasteiger partial charge in [-0.25, -0.2) is 0 Å². The Balaban J connectivity index is 2.98. The molecular formula is C10H14BrN3O2. The molecule has 1 N–H and O–H groups in total. The Hall–Kier alpha value is -1.17. The Labute approximate surface area is 103 Å². The average molecular weight is 288 g/mol. The lowest BCUT2D eigenvalue weighted by molar-refractivity contribution is -0.384. The van der Waals surface area contributed by atoms with E-state index in [-0.39, 0.29) is 11.1 Å². The maximum absolute atomic E-state index is 10.8. The predicted molar refractivity (Wildman–Crippen MR) is 66.5 cm³/mol. The molecule has 88 valence electrons. The van der Waals surface area contributed by atoms with Crippen LogP contribution in [0.25, 0.3) is 0 Å². The summed E-state index contributed by atoms with van der Waals surface area (Å²) < 4.78 is 0.603. The summed E-state index contributed by atoms with van der Waals surface area (Å²) in [6.45, 7) is 6.82. The van der Waals surface area contributed by atoms with Crippen LogP contribution in [0.1, 0.15) is 20.8 Å². The van der Waals surface area contributed by atoms with Gasteiger partial charge in [-0.2, -0.15) is 0 Å². The van der Waals surface area contributed by atoms with E-state index in [1.54, 1.807) is 0 Å². The van der Waals surface area contributed by atoms with Gasteiger partial charge in [0.15, 0.2) is 0 Å². The van der Waals surface area contributed by atoms with E-state index in [4.69, 9.17) is 0 Å². The average Bonchev–Trinajstić information content (AvgIpc) is 2.13. The maximum Gasteiger partial charge on any atom is 0.311 e. The molecule has 0 bridgehead atoms. The van der Waals surface area contributed by atoms with Crippen LogP contribution in [0.5, 0.6) is 0 Å². The predicted octanol–water partition coefficient (Wildman–Crippen LogP) is 3.21. The lowest BCUT2D eigenvalue weighted by atomic mass is 9.97. The third-order valence-electron chi connectivity index (χ3n) is 1.87. The number of pyridine rings is 1. The van der Waals surface area contributed by atoms with Gasteiger partial charge in [-0.05, 0) is 21.3 Å². The lowest BCUT2D eigenvalue weighted by Crippen LogP contribution is -2.19. The Bertz CT molecular complexity index is 402. The number of halogens is 1. The van der Waals surface area contributed by atoms with Crippen LogP contribution >= 0.6 is 15.9 Å². The van der Waals surface area contributed by atoms with Gasteiger partial charge in [-0.15, -0.1) is 0 Å². The number of nitro groups is 1. The summed E-state index contributed by atoms with van der Waals surface area (Å²) in [7, 11) is 0. The summed E-state index contributed by atoms with van der Waals surface area (Å²) in [4.78, 5) is 14.1. The van der Waals surface area contributed by atoms with Gasteiger partial charge in [-0.3, -0.25) is 15.1 Å². The second kappa shape index (κ2) is 4.78. The van der Waals surface area contributed by atoms with Gasteiger partial charge in [-0.1, -0.05) is 20.8 Å². The quantitative estimate of drug-likeness (QED) is 0.685. The Morgan fingerprint density at radius 3 is 2.62 bits per heavy atom. The first-order valence-electron chi connectivity index (χ1n) is 4.83. The van der Waals surface area contributed by atoms with Gasteiger partial charge >= 0.3 is 5.69 Å². The van der Waals surface area contributed by atoms with Crippen molar-refractivity contribution in [1.29, 1.82) is 0 Å². The fourth-order valence-electron chi connectivity index (χ4n) is 1.09. The molecule has 6 heteroatoms. The number of rotatable bonds is 3. The second-order valence-electron chi connectivity index (χ2n) is 4.69. The van der Waals surface area contributed by atoms with Crippen molar-refractivity contribution < 1.29 is 4.92 Å². The number of aromatic nitrogens is 1. The highest BCUT2D eigenvalue weighted by Gasteiger charge is 2.19. The smallest absolute Gasteiger partial charge is 0.311 e. The summed E-state index contributed by atoms with van der Waals surface area (Å²) in [5, 5.41) is 13.9. The molecule has 0 unspecified atom stereocenters. The first-order chi connectivity index (χ1) is 7.31. The fraction of sp³-hybridized carbons (Fsp3) is 0.500. The van der Waals surface area contributed by atoms with Crippen LogP contribution in [0, 0.1) is 15.5 Å². The summed E-state index contributed by atoms with van der Waals surface area (Å²) >= 11 is 3.25. The Morgan fingerprint density at radius 2 is 2.12 bits per heavy atom. The zero-order chi connectivity index (χ0) is 12.3. The van der Waals surface area contributed by atoms with Crippen LogP contribution in [-0.2, 0) is 0 Å². The highest BCUT2D eigenvalue weighted by Crippen LogP contribution is 2.31. The molecule has 0 aliphatic heterocycles. The van der Waals surface area contributed by atoms with Gasteiger partial charge in [0.05, 0.1) is 9.40 Å². The molecule has 0 spiro atoms. The largest absolute Gasteiger partial charge is 0.378 e. The van der Waals surface area contributed by atoms with Gasteiger partial charge < -0.3 is 5.32 Å². The zero-order valence-electron chi connectivity index (χ0n) is 9.45. The van der Waals surface area contributed by atoms with Gasteiger partial charge in [0.25, 0.3) is 0 Å². The number of hydrogen-bond acceptors (Lipinski definition) is 4. The van der Waals surface area contributed by atoms with Crippen LogP contribution in [0.3, 0.4) is 0 Å². The molecule has 0 fully saturated rings. The number of anilines is 1. The minimum absolute atomic E-state index is 0.0152. The molecular weight excluding hydrogens is 274 g/mol. The molecule has 0 amide bonds. The van der Waals surface area contributed by atoms with Crippen molar-refractivity contribution in [1.82, 2.24) is 4.98 Å². The van der Waals surface area contributed by atoms with Crippen molar-refractivity contribution in [3.63, 3.8) is 0 Å². The first-order valence-corrected chi connectivity index (χ1v) is 5.62. The molecule has 16 heavy (non-hydrogen) atoms. The Morgan fingerprint density at radius 1 is 1.50 bits per heavy atom. The van der Waals surface area contributed by atoms with E-state index in [1.165, 1.54) is 12.4 Å². The van der Waals surface area contributed by atoms with Crippen LogP contribution < -0.4 is 5.32 Å². The molecule has 0 aromatic carbocycles. The van der Waals surface area contributed by atoms with E-state index in [1.807, 2.05) is 0 Å². The van der Waals surface area contributed by atoms with Crippen molar-refractivity contribution in [2.45, 2.75) is 20.8 Å². The van der Waals surface area contributed by atoms with Crippen LogP contribution in [0.15, 0.2) is 16.9 Å². The number of hydrogen-bond donors (Lipinski definition) is 1. The third kappa shape index (κ3) is 3.44. The molecule has 0 aliphatic rings. The SMILES string of the molecule is CC(C)(C)CNc1c(Br)cncc1[N+](=O)[O-]. The monoisotopic (exact) mass is 287 g/mol. The van der Waals surface area contributed by atoms with E-state index in [9.17, 15) is 10.1 Å². The normalized spacial score (nSPS) is 11.2. The molecule has 5 nitrogen and oxygen atoms in total. The molecule has 1 aromatic rings. The van der Waals surface area contributed by atoms with Crippen molar-refractivity contribution in [2.24, 2.45) is 5.41 Å². The van der Waals surface area contributed by atoms with Crippen molar-refractivity contribution in [3.05, 3.63) is 27.0 Å². The van der Waals surface area contributed by atoms with Crippen LogP contribution in [0.4, 0.5) is 11.4 Å². The van der Waals surface area contributed by atoms with Gasteiger partial charge in [0.1, 0.15) is 11.9 Å². The molecule has 1 rings (SSSR count). The van der Waals surface area contributed by atoms with E-state index in [0.717, 1.165) is 0 Å².